The number of methoxy groups -OCH3 is 1. The fourth-order valence-electron chi connectivity index (χ4n) is 2.86. The van der Waals surface area contributed by atoms with Crippen LogP contribution in [0.15, 0.2) is 16.5 Å². The Morgan fingerprint density at radius 1 is 0.840 bits per heavy atom. The summed E-state index contributed by atoms with van der Waals surface area (Å²) in [5.74, 6) is 2.17. The van der Waals surface area contributed by atoms with Crippen molar-refractivity contribution in [3.05, 3.63) is 23.7 Å². The molecule has 0 aliphatic heterocycles. The number of esters is 1. The van der Waals surface area contributed by atoms with Crippen LogP contribution in [0.1, 0.15) is 89.1 Å². The highest BCUT2D eigenvalue weighted by molar-refractivity contribution is 5.78. The highest BCUT2D eigenvalue weighted by Gasteiger charge is 2.05. The van der Waals surface area contributed by atoms with Gasteiger partial charge in [-0.15, -0.1) is 0 Å². The number of hydrogen-bond acceptors (Lipinski definition) is 4. The molecule has 1 aromatic rings. The van der Waals surface area contributed by atoms with Crippen LogP contribution in [0.25, 0.3) is 0 Å². The summed E-state index contributed by atoms with van der Waals surface area (Å²) in [5.41, 5.74) is 0. The quantitative estimate of drug-likeness (QED) is 0.313. The molecule has 0 N–H and O–H groups in total. The van der Waals surface area contributed by atoms with Crippen molar-refractivity contribution in [1.29, 1.82) is 0 Å². The summed E-state index contributed by atoms with van der Waals surface area (Å²) in [6.45, 7) is 1.90. The van der Waals surface area contributed by atoms with Crippen LogP contribution in [0, 0.1) is 0 Å². The maximum atomic E-state index is 11.3. The fourth-order valence-corrected chi connectivity index (χ4v) is 2.86. The van der Waals surface area contributed by atoms with Gasteiger partial charge in [-0.2, -0.15) is 0 Å². The van der Waals surface area contributed by atoms with Gasteiger partial charge in [0.05, 0.1) is 7.11 Å². The third kappa shape index (κ3) is 10.8. The number of unbranched alkanes of at least 4 members (excludes halogenated alkanes) is 7. The molecule has 0 bridgehead atoms. The predicted octanol–water partition coefficient (Wildman–Crippen LogP) is 5.42. The van der Waals surface area contributed by atoms with Gasteiger partial charge in [0, 0.05) is 32.1 Å². The first-order valence-electron chi connectivity index (χ1n) is 9.81. The van der Waals surface area contributed by atoms with E-state index >= 15 is 0 Å². The van der Waals surface area contributed by atoms with E-state index in [2.05, 4.69) is 4.74 Å². The molecule has 142 valence electrons. The van der Waals surface area contributed by atoms with Crippen LogP contribution in [0.4, 0.5) is 0 Å². The van der Waals surface area contributed by atoms with E-state index in [9.17, 15) is 9.59 Å². The number of Topliss-reactive ketones (excluding diaryl/α,β-unsaturated/α-hetero) is 1. The third-order valence-electron chi connectivity index (χ3n) is 4.54. The number of ketones is 1. The molecule has 0 aliphatic carbocycles. The number of ether oxygens (including phenoxy) is 1. The van der Waals surface area contributed by atoms with Gasteiger partial charge in [0.2, 0.25) is 0 Å². The first-order valence-corrected chi connectivity index (χ1v) is 9.81. The number of carbonyl (C=O) groups excluding carboxylic acids is 2. The maximum absolute atomic E-state index is 11.3. The monoisotopic (exact) mass is 350 g/mol. The maximum Gasteiger partial charge on any atom is 0.305 e. The minimum Gasteiger partial charge on any atom is -0.469 e. The zero-order chi connectivity index (χ0) is 18.3. The summed E-state index contributed by atoms with van der Waals surface area (Å²) in [4.78, 5) is 22.3. The second-order valence-corrected chi connectivity index (χ2v) is 6.66. The summed E-state index contributed by atoms with van der Waals surface area (Å²) in [6, 6.07) is 4.06. The molecule has 0 aliphatic rings. The van der Waals surface area contributed by atoms with E-state index in [-0.39, 0.29) is 5.97 Å². The van der Waals surface area contributed by atoms with Crippen molar-refractivity contribution >= 4 is 11.8 Å². The van der Waals surface area contributed by atoms with E-state index in [4.69, 9.17) is 4.42 Å². The lowest BCUT2D eigenvalue weighted by atomic mass is 10.1. The Morgan fingerprint density at radius 3 is 2.00 bits per heavy atom. The summed E-state index contributed by atoms with van der Waals surface area (Å²) in [7, 11) is 1.44. The molecular formula is C21H34O4. The van der Waals surface area contributed by atoms with Crippen LogP contribution in [0.5, 0.6) is 0 Å². The molecule has 0 atom stereocenters. The largest absolute Gasteiger partial charge is 0.469 e. The lowest BCUT2D eigenvalue weighted by Crippen LogP contribution is -1.99. The van der Waals surface area contributed by atoms with E-state index in [1.54, 1.807) is 0 Å². The van der Waals surface area contributed by atoms with Crippen molar-refractivity contribution in [1.82, 2.24) is 0 Å². The summed E-state index contributed by atoms with van der Waals surface area (Å²) < 4.78 is 10.4. The molecule has 0 spiro atoms. The zero-order valence-electron chi connectivity index (χ0n) is 16.0. The molecule has 25 heavy (non-hydrogen) atoms. The highest BCUT2D eigenvalue weighted by atomic mass is 16.5. The van der Waals surface area contributed by atoms with Gasteiger partial charge in [-0.3, -0.25) is 9.59 Å². The molecule has 0 saturated carbocycles. The Labute approximate surface area is 152 Å². The van der Waals surface area contributed by atoms with Crippen molar-refractivity contribution in [2.45, 2.75) is 90.4 Å². The molecule has 4 heteroatoms. The molecule has 0 unspecified atom stereocenters. The second kappa shape index (κ2) is 13.7. The van der Waals surface area contributed by atoms with Gasteiger partial charge in [-0.1, -0.05) is 45.4 Å². The Kier molecular flexibility index (Phi) is 11.7. The number of carbonyl (C=O) groups is 2. The van der Waals surface area contributed by atoms with Gasteiger partial charge in [-0.05, 0) is 25.0 Å². The molecule has 1 rings (SSSR count). The minimum absolute atomic E-state index is 0.0990. The zero-order valence-corrected chi connectivity index (χ0v) is 16.0. The molecule has 0 saturated heterocycles. The standard InChI is InChI=1S/C21H34O4/c1-3-18(22)14-15-20-17-16-19(25-20)12-10-8-6-4-5-7-9-11-13-21(23)24-2/h16-17H,3-15H2,1-2H3. The normalized spacial score (nSPS) is 10.8. The highest BCUT2D eigenvalue weighted by Crippen LogP contribution is 2.15. The second-order valence-electron chi connectivity index (χ2n) is 6.66. The Bertz CT molecular complexity index is 490. The summed E-state index contributed by atoms with van der Waals surface area (Å²) in [6.07, 6.45) is 12.9. The van der Waals surface area contributed by atoms with Gasteiger partial charge in [0.15, 0.2) is 0 Å². The van der Waals surface area contributed by atoms with Crippen LogP contribution >= 0.6 is 0 Å². The van der Waals surface area contributed by atoms with Crippen LogP contribution in [0.3, 0.4) is 0 Å². The van der Waals surface area contributed by atoms with Crippen LogP contribution in [0.2, 0.25) is 0 Å². The van der Waals surface area contributed by atoms with Crippen molar-refractivity contribution in [3.8, 4) is 0 Å². The third-order valence-corrected chi connectivity index (χ3v) is 4.54. The van der Waals surface area contributed by atoms with Gasteiger partial charge in [0.1, 0.15) is 17.3 Å². The molecule has 0 fully saturated rings. The molecule has 1 heterocycles. The van der Waals surface area contributed by atoms with Crippen LogP contribution < -0.4 is 0 Å². The van der Waals surface area contributed by atoms with Crippen LogP contribution in [-0.2, 0) is 27.2 Å². The first kappa shape index (κ1) is 21.5. The van der Waals surface area contributed by atoms with Gasteiger partial charge in [0.25, 0.3) is 0 Å². The fraction of sp³-hybridized carbons (Fsp3) is 0.714. The molecule has 0 aromatic carbocycles. The van der Waals surface area contributed by atoms with Crippen molar-refractivity contribution in [2.24, 2.45) is 0 Å². The van der Waals surface area contributed by atoms with E-state index in [1.165, 1.54) is 39.2 Å². The Morgan fingerprint density at radius 2 is 1.40 bits per heavy atom. The van der Waals surface area contributed by atoms with E-state index in [0.29, 0.717) is 25.0 Å². The van der Waals surface area contributed by atoms with Crippen molar-refractivity contribution in [2.75, 3.05) is 7.11 Å². The van der Waals surface area contributed by atoms with E-state index < -0.39 is 0 Å². The van der Waals surface area contributed by atoms with Gasteiger partial charge < -0.3 is 9.15 Å². The summed E-state index contributed by atoms with van der Waals surface area (Å²) >= 11 is 0. The Hall–Kier alpha value is -1.58. The number of furan rings is 1. The lowest BCUT2D eigenvalue weighted by Gasteiger charge is -2.02. The number of rotatable bonds is 15. The average molecular weight is 350 g/mol. The van der Waals surface area contributed by atoms with Gasteiger partial charge in [-0.25, -0.2) is 0 Å². The van der Waals surface area contributed by atoms with E-state index in [1.807, 2.05) is 19.1 Å². The molecule has 1 aromatic heterocycles. The smallest absolute Gasteiger partial charge is 0.305 e. The SMILES string of the molecule is CCC(=O)CCc1ccc(CCCCCCCCCCC(=O)OC)o1. The van der Waals surface area contributed by atoms with Crippen LogP contribution in [-0.4, -0.2) is 18.9 Å². The minimum atomic E-state index is -0.0990. The first-order chi connectivity index (χ1) is 12.2. The topological polar surface area (TPSA) is 56.5 Å². The lowest BCUT2D eigenvalue weighted by molar-refractivity contribution is -0.140. The number of aryl methyl sites for hydroxylation is 2. The summed E-state index contributed by atoms with van der Waals surface area (Å²) in [5, 5.41) is 0. The predicted molar refractivity (Wildman–Crippen MR) is 99.6 cm³/mol. The molecule has 0 amide bonds. The molecule has 0 radical (unpaired) electrons. The molecule has 4 nitrogen and oxygen atoms in total. The van der Waals surface area contributed by atoms with E-state index in [0.717, 1.165) is 43.6 Å². The van der Waals surface area contributed by atoms with Crippen molar-refractivity contribution < 1.29 is 18.7 Å². The molecular weight excluding hydrogens is 316 g/mol. The van der Waals surface area contributed by atoms with Gasteiger partial charge >= 0.3 is 5.97 Å². The Balaban J connectivity index is 1.95. The van der Waals surface area contributed by atoms with Crippen molar-refractivity contribution in [3.63, 3.8) is 0 Å². The average Bonchev–Trinajstić information content (AvgIpc) is 3.08. The number of hydrogen-bond donors (Lipinski definition) is 0.